The minimum Gasteiger partial charge on any atom is -0.507 e. The Hall–Kier alpha value is -2.93. The fourth-order valence-corrected chi connectivity index (χ4v) is 2.65. The quantitative estimate of drug-likeness (QED) is 0.488. The molecule has 0 fully saturated rings. The molecule has 2 aromatic rings. The van der Waals surface area contributed by atoms with Crippen LogP contribution in [0.5, 0.6) is 5.75 Å². The number of amides is 1. The number of nitrogens with zero attached hydrogens (tertiary/aromatic N) is 1. The molecule has 0 spiro atoms. The molecule has 1 amide bonds. The first kappa shape index (κ1) is 20.4. The minimum atomic E-state index is -1.08. The number of aromatic hydroxyl groups is 1. The molecule has 0 atom stereocenters. The van der Waals surface area contributed by atoms with Gasteiger partial charge in [-0.15, -0.1) is 0 Å². The van der Waals surface area contributed by atoms with Crippen molar-refractivity contribution in [1.82, 2.24) is 5.32 Å². The summed E-state index contributed by atoms with van der Waals surface area (Å²) in [6.07, 6.45) is 0. The highest BCUT2D eigenvalue weighted by molar-refractivity contribution is 6.11. The molecule has 27 heavy (non-hydrogen) atoms. The highest BCUT2D eigenvalue weighted by atomic mass is 19.1. The molecule has 0 aromatic heterocycles. The fraction of sp³-hybridized carbons (Fsp3) is 0.300. The highest BCUT2D eigenvalue weighted by Crippen LogP contribution is 2.35. The average molecular weight is 373 g/mol. The Morgan fingerprint density at radius 1 is 1.26 bits per heavy atom. The lowest BCUT2D eigenvalue weighted by Gasteiger charge is -2.17. The van der Waals surface area contributed by atoms with Gasteiger partial charge in [0.05, 0.1) is 17.7 Å². The average Bonchev–Trinajstić information content (AvgIpc) is 2.57. The van der Waals surface area contributed by atoms with Crippen LogP contribution in [0, 0.1) is 19.7 Å². The largest absolute Gasteiger partial charge is 0.507 e. The summed E-state index contributed by atoms with van der Waals surface area (Å²) in [6.45, 7) is 6.48. The van der Waals surface area contributed by atoms with E-state index in [0.29, 0.717) is 22.3 Å². The fourth-order valence-electron chi connectivity index (χ4n) is 2.65. The van der Waals surface area contributed by atoms with Gasteiger partial charge in [-0.25, -0.2) is 4.39 Å². The van der Waals surface area contributed by atoms with Crippen molar-refractivity contribution in [1.29, 1.82) is 0 Å². The van der Waals surface area contributed by atoms with Gasteiger partial charge in [-0.1, -0.05) is 18.2 Å². The van der Waals surface area contributed by atoms with E-state index in [-0.39, 0.29) is 23.8 Å². The van der Waals surface area contributed by atoms with Gasteiger partial charge in [0.15, 0.2) is 5.96 Å². The molecule has 2 rings (SSSR count). The topological polar surface area (TPSA) is 108 Å². The summed E-state index contributed by atoms with van der Waals surface area (Å²) in [5.74, 6) is -1.53. The Morgan fingerprint density at radius 3 is 2.56 bits per heavy atom. The van der Waals surface area contributed by atoms with Crippen molar-refractivity contribution in [2.45, 2.75) is 33.3 Å². The van der Waals surface area contributed by atoms with Crippen LogP contribution in [0.25, 0.3) is 11.1 Å². The molecule has 0 bridgehead atoms. The lowest BCUT2D eigenvalue weighted by molar-refractivity contribution is 0.0896. The van der Waals surface area contributed by atoms with Gasteiger partial charge in [0.2, 0.25) is 0 Å². The monoisotopic (exact) mass is 373 g/mol. The predicted octanol–water partition coefficient (Wildman–Crippen LogP) is 2.63. The van der Waals surface area contributed by atoms with E-state index in [0.717, 1.165) is 0 Å². The Balaban J connectivity index is 2.50. The maximum atomic E-state index is 14.0. The van der Waals surface area contributed by atoms with E-state index in [1.807, 2.05) is 0 Å². The van der Waals surface area contributed by atoms with Crippen molar-refractivity contribution in [3.05, 3.63) is 52.8 Å². The second-order valence-corrected chi connectivity index (χ2v) is 7.03. The first-order chi connectivity index (χ1) is 12.5. The highest BCUT2D eigenvalue weighted by Gasteiger charge is 2.22. The SMILES string of the molecule is Cc1ccc(O)c(C(=O)NC(N)=NCC(C)(C)O)c1-c1cccc(F)c1C. The molecule has 0 unspecified atom stereocenters. The summed E-state index contributed by atoms with van der Waals surface area (Å²) in [4.78, 5) is 16.7. The summed E-state index contributed by atoms with van der Waals surface area (Å²) in [5.41, 5.74) is 6.59. The molecule has 144 valence electrons. The van der Waals surface area contributed by atoms with Gasteiger partial charge in [0, 0.05) is 5.56 Å². The van der Waals surface area contributed by atoms with Gasteiger partial charge in [-0.05, 0) is 56.5 Å². The number of carbonyl (C=O) groups excluding carboxylic acids is 1. The number of nitrogens with one attached hydrogen (secondary N) is 1. The smallest absolute Gasteiger partial charge is 0.262 e. The number of phenolic OH excluding ortho intramolecular Hbond substituents is 1. The number of aliphatic imine (C=N–C) groups is 1. The molecule has 6 nitrogen and oxygen atoms in total. The number of phenols is 1. The zero-order valence-electron chi connectivity index (χ0n) is 15.8. The van der Waals surface area contributed by atoms with Crippen molar-refractivity contribution in [2.24, 2.45) is 10.7 Å². The van der Waals surface area contributed by atoms with E-state index in [9.17, 15) is 19.4 Å². The molecule has 7 heteroatoms. The van der Waals surface area contributed by atoms with Gasteiger partial charge in [0.25, 0.3) is 5.91 Å². The number of hydrogen-bond acceptors (Lipinski definition) is 4. The summed E-state index contributed by atoms with van der Waals surface area (Å²) >= 11 is 0. The number of rotatable bonds is 4. The molecule has 0 radical (unpaired) electrons. The van der Waals surface area contributed by atoms with Gasteiger partial charge in [-0.2, -0.15) is 0 Å². The van der Waals surface area contributed by atoms with E-state index in [2.05, 4.69) is 10.3 Å². The van der Waals surface area contributed by atoms with Crippen molar-refractivity contribution in [3.8, 4) is 16.9 Å². The first-order valence-electron chi connectivity index (χ1n) is 8.43. The van der Waals surface area contributed by atoms with E-state index >= 15 is 0 Å². The number of aliphatic hydroxyl groups is 1. The van der Waals surface area contributed by atoms with Gasteiger partial charge < -0.3 is 15.9 Å². The standard InChI is InChI=1S/C20H24FN3O3/c1-11-8-9-15(25)17(16(11)13-6-5-7-14(21)12(13)2)18(26)24-19(22)23-10-20(3,4)27/h5-9,25,27H,10H2,1-4H3,(H3,22,23,24,26). The lowest BCUT2D eigenvalue weighted by atomic mass is 9.91. The first-order valence-corrected chi connectivity index (χ1v) is 8.43. The summed E-state index contributed by atoms with van der Waals surface area (Å²) in [7, 11) is 0. The van der Waals surface area contributed by atoms with Crippen LogP contribution in [0.3, 0.4) is 0 Å². The maximum Gasteiger partial charge on any atom is 0.262 e. The van der Waals surface area contributed by atoms with Crippen LogP contribution in [0.4, 0.5) is 4.39 Å². The van der Waals surface area contributed by atoms with E-state index in [1.54, 1.807) is 45.9 Å². The molecule has 0 aliphatic rings. The zero-order chi connectivity index (χ0) is 20.4. The molecular weight excluding hydrogens is 349 g/mol. The summed E-state index contributed by atoms with van der Waals surface area (Å²) in [5, 5.41) is 22.4. The summed E-state index contributed by atoms with van der Waals surface area (Å²) < 4.78 is 14.0. The third kappa shape index (κ3) is 4.83. The number of hydrogen-bond donors (Lipinski definition) is 4. The second kappa shape index (κ2) is 7.75. The van der Waals surface area contributed by atoms with Crippen LogP contribution in [-0.4, -0.2) is 34.2 Å². The van der Waals surface area contributed by atoms with Crippen molar-refractivity contribution in [3.63, 3.8) is 0 Å². The Morgan fingerprint density at radius 2 is 1.93 bits per heavy atom. The molecule has 0 aliphatic carbocycles. The predicted molar refractivity (Wildman–Crippen MR) is 103 cm³/mol. The molecule has 5 N–H and O–H groups in total. The van der Waals surface area contributed by atoms with Crippen molar-refractivity contribution < 1.29 is 19.4 Å². The molecule has 0 saturated carbocycles. The molecule has 2 aromatic carbocycles. The van der Waals surface area contributed by atoms with Crippen LogP contribution in [0.15, 0.2) is 35.3 Å². The van der Waals surface area contributed by atoms with Crippen molar-refractivity contribution >= 4 is 11.9 Å². The number of halogens is 1. The Labute approximate surface area is 157 Å². The van der Waals surface area contributed by atoms with Crippen molar-refractivity contribution in [2.75, 3.05) is 6.54 Å². The minimum absolute atomic E-state index is 0.00518. The maximum absolute atomic E-state index is 14.0. The molecular formula is C20H24FN3O3. The second-order valence-electron chi connectivity index (χ2n) is 7.03. The van der Waals surface area contributed by atoms with Crippen LogP contribution in [-0.2, 0) is 0 Å². The van der Waals surface area contributed by atoms with E-state index < -0.39 is 17.3 Å². The van der Waals surface area contributed by atoms with E-state index in [1.165, 1.54) is 12.1 Å². The number of guanidine groups is 1. The van der Waals surface area contributed by atoms with Crippen LogP contribution in [0.2, 0.25) is 0 Å². The number of benzene rings is 2. The number of carbonyl (C=O) groups is 1. The number of aryl methyl sites for hydroxylation is 1. The third-order valence-electron chi connectivity index (χ3n) is 4.03. The van der Waals surface area contributed by atoms with Gasteiger partial charge in [0.1, 0.15) is 11.6 Å². The summed E-state index contributed by atoms with van der Waals surface area (Å²) in [6, 6.07) is 7.60. The third-order valence-corrected chi connectivity index (χ3v) is 4.03. The molecule has 0 saturated heterocycles. The van der Waals surface area contributed by atoms with Crippen LogP contribution in [0.1, 0.15) is 35.3 Å². The number of nitrogens with two attached hydrogens (primary N) is 1. The lowest BCUT2D eigenvalue weighted by Crippen LogP contribution is -2.38. The van der Waals surface area contributed by atoms with Crippen LogP contribution >= 0.6 is 0 Å². The van der Waals surface area contributed by atoms with Crippen LogP contribution < -0.4 is 11.1 Å². The molecule has 0 heterocycles. The van der Waals surface area contributed by atoms with Gasteiger partial charge >= 0.3 is 0 Å². The normalized spacial score (nSPS) is 12.1. The van der Waals surface area contributed by atoms with E-state index in [4.69, 9.17) is 5.73 Å². The van der Waals surface area contributed by atoms with Gasteiger partial charge in [-0.3, -0.25) is 15.1 Å². The zero-order valence-corrected chi connectivity index (χ0v) is 15.8. The Kier molecular flexibility index (Phi) is 5.85. The molecule has 0 aliphatic heterocycles. The Bertz CT molecular complexity index is 902.